The minimum absolute atomic E-state index is 0.185. The third-order valence-corrected chi connectivity index (χ3v) is 7.30. The molecule has 2 saturated heterocycles. The van der Waals surface area contributed by atoms with E-state index in [0.717, 1.165) is 0 Å². The molecular formula is C30H31FN4O5. The molecule has 3 aromatic rings. The van der Waals surface area contributed by atoms with Gasteiger partial charge in [-0.15, -0.1) is 0 Å². The van der Waals surface area contributed by atoms with E-state index in [-0.39, 0.29) is 19.0 Å². The highest BCUT2D eigenvalue weighted by atomic mass is 19.1. The van der Waals surface area contributed by atoms with Crippen molar-refractivity contribution in [3.8, 4) is 0 Å². The maximum Gasteiger partial charge on any atom is 0.414 e. The number of nitrogens with zero attached hydrogens (tertiary/aromatic N) is 3. The first-order valence-corrected chi connectivity index (χ1v) is 13.2. The molecule has 0 aromatic heterocycles. The summed E-state index contributed by atoms with van der Waals surface area (Å²) in [5, 5.41) is 14.4. The first kappa shape index (κ1) is 27.1. The number of carbonyl (C=O) groups is 3. The van der Waals surface area contributed by atoms with Gasteiger partial charge in [-0.25, -0.2) is 9.18 Å². The van der Waals surface area contributed by atoms with E-state index < -0.39 is 29.5 Å². The topological polar surface area (TPSA) is 102 Å². The number of aliphatic hydroxyl groups is 1. The first-order chi connectivity index (χ1) is 19.3. The lowest BCUT2D eigenvalue weighted by molar-refractivity contribution is -0.148. The largest absolute Gasteiger partial charge is 0.442 e. The van der Waals surface area contributed by atoms with Crippen molar-refractivity contribution in [1.29, 1.82) is 0 Å². The SMILES string of the molecule is CC(=O)NC[C@H]1CN(c2ccc(N3CCN(C(=O)C(O)(c4ccccc4)c4ccccc4)CC3)c(F)c2)C(=O)O1. The van der Waals surface area contributed by atoms with E-state index in [2.05, 4.69) is 5.32 Å². The lowest BCUT2D eigenvalue weighted by Gasteiger charge is -2.40. The van der Waals surface area contributed by atoms with Gasteiger partial charge in [0.05, 0.1) is 24.5 Å². The van der Waals surface area contributed by atoms with E-state index >= 15 is 4.39 Å². The molecule has 9 nitrogen and oxygen atoms in total. The molecule has 2 N–H and O–H groups in total. The molecule has 0 saturated carbocycles. The van der Waals surface area contributed by atoms with Crippen molar-refractivity contribution in [2.45, 2.75) is 18.6 Å². The van der Waals surface area contributed by atoms with E-state index in [1.165, 1.54) is 17.9 Å². The molecule has 2 heterocycles. The van der Waals surface area contributed by atoms with Crippen molar-refractivity contribution < 1.29 is 28.6 Å². The Morgan fingerprint density at radius 3 is 2.12 bits per heavy atom. The zero-order valence-corrected chi connectivity index (χ0v) is 22.1. The summed E-state index contributed by atoms with van der Waals surface area (Å²) in [7, 11) is 0. The van der Waals surface area contributed by atoms with Gasteiger partial charge in [-0.05, 0) is 29.3 Å². The second-order valence-corrected chi connectivity index (χ2v) is 9.91. The number of amides is 3. The maximum atomic E-state index is 15.3. The molecule has 0 aliphatic carbocycles. The Morgan fingerprint density at radius 2 is 1.57 bits per heavy atom. The minimum Gasteiger partial charge on any atom is -0.442 e. The number of hydrogen-bond acceptors (Lipinski definition) is 6. The summed E-state index contributed by atoms with van der Waals surface area (Å²) in [6.45, 7) is 3.09. The average molecular weight is 547 g/mol. The van der Waals surface area contributed by atoms with E-state index in [1.807, 2.05) is 17.0 Å². The number of benzene rings is 3. The fourth-order valence-corrected chi connectivity index (χ4v) is 5.17. The molecular weight excluding hydrogens is 515 g/mol. The smallest absolute Gasteiger partial charge is 0.414 e. The van der Waals surface area contributed by atoms with Gasteiger partial charge in [0.1, 0.15) is 11.9 Å². The molecule has 10 heteroatoms. The van der Waals surface area contributed by atoms with Gasteiger partial charge in [-0.1, -0.05) is 60.7 Å². The van der Waals surface area contributed by atoms with E-state index in [1.54, 1.807) is 65.6 Å². The second-order valence-electron chi connectivity index (χ2n) is 9.91. The van der Waals surface area contributed by atoms with Crippen LogP contribution in [-0.2, 0) is 19.9 Å². The number of anilines is 2. The summed E-state index contributed by atoms with van der Waals surface area (Å²) in [6, 6.07) is 22.3. The molecule has 2 aliphatic rings. The van der Waals surface area contributed by atoms with Gasteiger partial charge in [-0.3, -0.25) is 14.5 Å². The summed E-state index contributed by atoms with van der Waals surface area (Å²) in [6.07, 6.45) is -1.12. The zero-order valence-electron chi connectivity index (χ0n) is 22.1. The summed E-state index contributed by atoms with van der Waals surface area (Å²) in [4.78, 5) is 42.0. The van der Waals surface area contributed by atoms with Gasteiger partial charge in [0.15, 0.2) is 5.60 Å². The Hall–Kier alpha value is -4.44. The second kappa shape index (κ2) is 11.4. The van der Waals surface area contributed by atoms with Gasteiger partial charge in [0, 0.05) is 33.1 Å². The zero-order chi connectivity index (χ0) is 28.3. The van der Waals surface area contributed by atoms with E-state index in [9.17, 15) is 19.5 Å². The van der Waals surface area contributed by atoms with Crippen molar-refractivity contribution in [3.05, 3.63) is 95.8 Å². The first-order valence-electron chi connectivity index (χ1n) is 13.2. The molecule has 0 radical (unpaired) electrons. The summed E-state index contributed by atoms with van der Waals surface area (Å²) in [5.74, 6) is -1.15. The quantitative estimate of drug-likeness (QED) is 0.473. The van der Waals surface area contributed by atoms with Gasteiger partial charge in [-0.2, -0.15) is 0 Å². The number of cyclic esters (lactones) is 1. The molecule has 0 unspecified atom stereocenters. The normalized spacial score (nSPS) is 17.5. The summed E-state index contributed by atoms with van der Waals surface area (Å²) < 4.78 is 20.5. The van der Waals surface area contributed by atoms with Crippen molar-refractivity contribution in [2.24, 2.45) is 0 Å². The molecule has 5 rings (SSSR count). The third kappa shape index (κ3) is 5.35. The highest BCUT2D eigenvalue weighted by Gasteiger charge is 2.43. The number of ether oxygens (including phenoxy) is 1. The van der Waals surface area contributed by atoms with E-state index in [4.69, 9.17) is 4.74 Å². The Labute approximate surface area is 231 Å². The van der Waals surface area contributed by atoms with Crippen LogP contribution in [0.4, 0.5) is 20.6 Å². The number of nitrogens with one attached hydrogen (secondary N) is 1. The molecule has 208 valence electrons. The van der Waals surface area contributed by atoms with Crippen LogP contribution in [0.25, 0.3) is 0 Å². The molecule has 1 atom stereocenters. The molecule has 0 spiro atoms. The van der Waals surface area contributed by atoms with Gasteiger partial charge < -0.3 is 25.0 Å². The lowest BCUT2D eigenvalue weighted by atomic mass is 9.85. The van der Waals surface area contributed by atoms with Crippen molar-refractivity contribution in [1.82, 2.24) is 10.2 Å². The van der Waals surface area contributed by atoms with Gasteiger partial charge in [0.2, 0.25) is 5.91 Å². The van der Waals surface area contributed by atoms with Crippen molar-refractivity contribution in [3.63, 3.8) is 0 Å². The van der Waals surface area contributed by atoms with Crippen LogP contribution >= 0.6 is 0 Å². The van der Waals surface area contributed by atoms with Crippen molar-refractivity contribution in [2.75, 3.05) is 49.1 Å². The molecule has 3 amide bonds. The standard InChI is InChI=1S/C30H31FN4O5/c1-21(36)32-19-25-20-35(29(38)40-25)24-12-13-27(26(31)18-24)33-14-16-34(17-15-33)28(37)30(39,22-8-4-2-5-9-22)23-10-6-3-7-11-23/h2-13,18,25,39H,14-17,19-20H2,1H3,(H,32,36)/t25-/m0/s1. The predicted molar refractivity (Wildman–Crippen MR) is 147 cm³/mol. The Morgan fingerprint density at radius 1 is 0.975 bits per heavy atom. The fourth-order valence-electron chi connectivity index (χ4n) is 5.17. The molecule has 0 bridgehead atoms. The average Bonchev–Trinajstić information content (AvgIpc) is 3.36. The highest BCUT2D eigenvalue weighted by molar-refractivity contribution is 5.91. The number of rotatable bonds is 7. The monoisotopic (exact) mass is 546 g/mol. The Balaban J connectivity index is 1.27. The van der Waals surface area contributed by atoms with Crippen LogP contribution in [-0.4, -0.2) is 73.3 Å². The minimum atomic E-state index is -1.85. The maximum absolute atomic E-state index is 15.3. The highest BCUT2D eigenvalue weighted by Crippen LogP contribution is 2.33. The van der Waals surface area contributed by atoms with E-state index in [0.29, 0.717) is 48.7 Å². The number of halogens is 1. The van der Waals surface area contributed by atoms with Crippen LogP contribution in [0.5, 0.6) is 0 Å². The van der Waals surface area contributed by atoms with Gasteiger partial charge in [0.25, 0.3) is 5.91 Å². The van der Waals surface area contributed by atoms with Crippen LogP contribution in [0.15, 0.2) is 78.9 Å². The predicted octanol–water partition coefficient (Wildman–Crippen LogP) is 2.87. The molecule has 2 fully saturated rings. The Kier molecular flexibility index (Phi) is 7.70. The number of piperazine rings is 1. The lowest BCUT2D eigenvalue weighted by Crippen LogP contribution is -2.55. The van der Waals surface area contributed by atoms with Crippen LogP contribution in [0, 0.1) is 5.82 Å². The van der Waals surface area contributed by atoms with Gasteiger partial charge >= 0.3 is 6.09 Å². The number of hydrogen-bond donors (Lipinski definition) is 2. The fraction of sp³-hybridized carbons (Fsp3) is 0.300. The van der Waals surface area contributed by atoms with Crippen LogP contribution in [0.3, 0.4) is 0 Å². The third-order valence-electron chi connectivity index (χ3n) is 7.30. The van der Waals surface area contributed by atoms with Crippen LogP contribution in [0.2, 0.25) is 0 Å². The summed E-state index contributed by atoms with van der Waals surface area (Å²) in [5.41, 5.74) is -0.162. The summed E-state index contributed by atoms with van der Waals surface area (Å²) >= 11 is 0. The van der Waals surface area contributed by atoms with Crippen LogP contribution in [0.1, 0.15) is 18.1 Å². The molecule has 40 heavy (non-hydrogen) atoms. The van der Waals surface area contributed by atoms with Crippen molar-refractivity contribution >= 4 is 29.3 Å². The molecule has 2 aliphatic heterocycles. The Bertz CT molecular complexity index is 1340. The number of carbonyl (C=O) groups excluding carboxylic acids is 3. The van der Waals surface area contributed by atoms with Crippen LogP contribution < -0.4 is 15.1 Å². The molecule has 3 aromatic carbocycles.